The predicted molar refractivity (Wildman–Crippen MR) is 87.9 cm³/mol. The minimum atomic E-state index is -1.04. The van der Waals surface area contributed by atoms with Gasteiger partial charge in [0.05, 0.1) is 11.1 Å². The van der Waals surface area contributed by atoms with Crippen LogP contribution in [0.1, 0.15) is 48.2 Å². The number of aromatic nitrogens is 1. The fraction of sp³-hybridized carbons (Fsp3) is 0.353. The van der Waals surface area contributed by atoms with Gasteiger partial charge < -0.3 is 10.4 Å². The SMILES string of the molecule is CCC(NC(=O)c1cc(C2CC2)nc2ccc(Cl)cc12)C(=O)O. The molecule has 120 valence electrons. The van der Waals surface area contributed by atoms with Crippen LogP contribution >= 0.6 is 11.6 Å². The van der Waals surface area contributed by atoms with Crippen molar-refractivity contribution in [2.45, 2.75) is 38.1 Å². The Morgan fingerprint density at radius 1 is 1.39 bits per heavy atom. The van der Waals surface area contributed by atoms with Crippen LogP contribution < -0.4 is 5.32 Å². The molecule has 0 bridgehead atoms. The lowest BCUT2D eigenvalue weighted by atomic mass is 10.0. The number of nitrogens with zero attached hydrogens (tertiary/aromatic N) is 1. The number of pyridine rings is 1. The van der Waals surface area contributed by atoms with E-state index in [1.54, 1.807) is 31.2 Å². The van der Waals surface area contributed by atoms with E-state index >= 15 is 0 Å². The highest BCUT2D eigenvalue weighted by Crippen LogP contribution is 2.40. The maximum absolute atomic E-state index is 12.6. The van der Waals surface area contributed by atoms with Crippen LogP contribution in [0, 0.1) is 0 Å². The molecule has 0 aliphatic heterocycles. The maximum Gasteiger partial charge on any atom is 0.326 e. The monoisotopic (exact) mass is 332 g/mol. The molecule has 0 spiro atoms. The largest absolute Gasteiger partial charge is 0.480 e. The van der Waals surface area contributed by atoms with E-state index in [0.29, 0.717) is 33.8 Å². The van der Waals surface area contributed by atoms with Crippen molar-refractivity contribution in [2.75, 3.05) is 0 Å². The Morgan fingerprint density at radius 2 is 2.13 bits per heavy atom. The van der Waals surface area contributed by atoms with Crippen LogP contribution in [0.2, 0.25) is 5.02 Å². The smallest absolute Gasteiger partial charge is 0.326 e. The molecule has 1 aromatic carbocycles. The summed E-state index contributed by atoms with van der Waals surface area (Å²) >= 11 is 6.04. The van der Waals surface area contributed by atoms with E-state index in [4.69, 9.17) is 16.7 Å². The van der Waals surface area contributed by atoms with E-state index in [-0.39, 0.29) is 0 Å². The van der Waals surface area contributed by atoms with Gasteiger partial charge in [-0.05, 0) is 43.5 Å². The number of benzene rings is 1. The lowest BCUT2D eigenvalue weighted by Crippen LogP contribution is -2.40. The Labute approximate surface area is 138 Å². The molecule has 3 rings (SSSR count). The molecule has 1 fully saturated rings. The van der Waals surface area contributed by atoms with E-state index in [1.165, 1.54) is 0 Å². The first-order chi connectivity index (χ1) is 11.0. The topological polar surface area (TPSA) is 79.3 Å². The summed E-state index contributed by atoms with van der Waals surface area (Å²) in [4.78, 5) is 28.3. The van der Waals surface area contributed by atoms with E-state index in [2.05, 4.69) is 10.3 Å². The minimum Gasteiger partial charge on any atom is -0.480 e. The molecule has 1 aliphatic rings. The van der Waals surface area contributed by atoms with Crippen LogP contribution in [0.15, 0.2) is 24.3 Å². The van der Waals surface area contributed by atoms with Crippen molar-refractivity contribution in [2.24, 2.45) is 0 Å². The zero-order chi connectivity index (χ0) is 16.6. The number of carbonyl (C=O) groups excluding carboxylic acids is 1. The van der Waals surface area contributed by atoms with E-state index in [0.717, 1.165) is 18.5 Å². The van der Waals surface area contributed by atoms with Crippen LogP contribution in [0.4, 0.5) is 0 Å². The summed E-state index contributed by atoms with van der Waals surface area (Å²) in [6.45, 7) is 1.72. The number of halogens is 1. The third kappa shape index (κ3) is 3.29. The van der Waals surface area contributed by atoms with Crippen LogP contribution in [0.5, 0.6) is 0 Å². The summed E-state index contributed by atoms with van der Waals surface area (Å²) in [5.41, 5.74) is 2.01. The van der Waals surface area contributed by atoms with Gasteiger partial charge in [-0.1, -0.05) is 18.5 Å². The second kappa shape index (κ2) is 6.16. The van der Waals surface area contributed by atoms with Gasteiger partial charge in [0.1, 0.15) is 6.04 Å². The molecule has 1 unspecified atom stereocenters. The molecule has 1 amide bonds. The number of aliphatic carboxylic acids is 1. The molecule has 5 nitrogen and oxygen atoms in total. The van der Waals surface area contributed by atoms with Gasteiger partial charge in [0, 0.05) is 22.0 Å². The quantitative estimate of drug-likeness (QED) is 0.880. The number of fused-ring (bicyclic) bond motifs is 1. The number of carbonyl (C=O) groups is 2. The molecule has 0 saturated heterocycles. The van der Waals surface area contributed by atoms with Gasteiger partial charge in [-0.15, -0.1) is 0 Å². The standard InChI is InChI=1S/C17H17ClN2O3/c1-2-13(17(22)23)20-16(21)12-8-15(9-3-4-9)19-14-6-5-10(18)7-11(12)14/h5-9,13H,2-4H2,1H3,(H,20,21)(H,22,23). The molecule has 23 heavy (non-hydrogen) atoms. The number of amides is 1. The van der Waals surface area contributed by atoms with Crippen LogP contribution in [0.25, 0.3) is 10.9 Å². The number of carboxylic acid groups (broad SMARTS) is 1. The highest BCUT2D eigenvalue weighted by Gasteiger charge is 2.28. The van der Waals surface area contributed by atoms with Gasteiger partial charge in [-0.3, -0.25) is 9.78 Å². The fourth-order valence-electron chi connectivity index (χ4n) is 2.57. The summed E-state index contributed by atoms with van der Waals surface area (Å²) in [6.07, 6.45) is 2.46. The van der Waals surface area contributed by atoms with Gasteiger partial charge >= 0.3 is 5.97 Å². The molecular weight excluding hydrogens is 316 g/mol. The van der Waals surface area contributed by atoms with E-state index < -0.39 is 17.9 Å². The molecule has 1 atom stereocenters. The first kappa shape index (κ1) is 15.7. The summed E-state index contributed by atoms with van der Waals surface area (Å²) in [7, 11) is 0. The van der Waals surface area contributed by atoms with Crippen LogP contribution in [0.3, 0.4) is 0 Å². The van der Waals surface area contributed by atoms with Gasteiger partial charge in [0.15, 0.2) is 0 Å². The average Bonchev–Trinajstić information content (AvgIpc) is 3.35. The number of carboxylic acids is 1. The van der Waals surface area contributed by atoms with Crippen molar-refractivity contribution >= 4 is 34.4 Å². The first-order valence-corrected chi connectivity index (χ1v) is 8.01. The number of nitrogens with one attached hydrogen (secondary N) is 1. The zero-order valence-corrected chi connectivity index (χ0v) is 13.4. The molecule has 1 heterocycles. The Balaban J connectivity index is 2.05. The Kier molecular flexibility index (Phi) is 4.22. The second-order valence-corrected chi connectivity index (χ2v) is 6.24. The van der Waals surface area contributed by atoms with Crippen LogP contribution in [-0.4, -0.2) is 28.0 Å². The zero-order valence-electron chi connectivity index (χ0n) is 12.7. The van der Waals surface area contributed by atoms with Crippen molar-refractivity contribution in [3.8, 4) is 0 Å². The summed E-state index contributed by atoms with van der Waals surface area (Å²) in [6, 6.07) is 6.07. The van der Waals surface area contributed by atoms with Crippen molar-refractivity contribution in [1.29, 1.82) is 0 Å². The van der Waals surface area contributed by atoms with Crippen molar-refractivity contribution < 1.29 is 14.7 Å². The fourth-order valence-corrected chi connectivity index (χ4v) is 2.74. The summed E-state index contributed by atoms with van der Waals surface area (Å²) < 4.78 is 0. The summed E-state index contributed by atoms with van der Waals surface area (Å²) in [5, 5.41) is 12.9. The maximum atomic E-state index is 12.6. The molecule has 2 N–H and O–H groups in total. The highest BCUT2D eigenvalue weighted by atomic mass is 35.5. The van der Waals surface area contributed by atoms with Gasteiger partial charge in [-0.25, -0.2) is 4.79 Å². The van der Waals surface area contributed by atoms with Crippen molar-refractivity contribution in [3.63, 3.8) is 0 Å². The Hall–Kier alpha value is -2.14. The van der Waals surface area contributed by atoms with Gasteiger partial charge in [-0.2, -0.15) is 0 Å². The molecule has 1 saturated carbocycles. The number of hydrogen-bond donors (Lipinski definition) is 2. The van der Waals surface area contributed by atoms with E-state index in [9.17, 15) is 9.59 Å². The molecular formula is C17H17ClN2O3. The van der Waals surface area contributed by atoms with Crippen LogP contribution in [-0.2, 0) is 4.79 Å². The molecule has 6 heteroatoms. The highest BCUT2D eigenvalue weighted by molar-refractivity contribution is 6.31. The second-order valence-electron chi connectivity index (χ2n) is 5.80. The minimum absolute atomic E-state index is 0.320. The lowest BCUT2D eigenvalue weighted by molar-refractivity contribution is -0.139. The summed E-state index contributed by atoms with van der Waals surface area (Å²) in [5.74, 6) is -1.06. The Bertz CT molecular complexity index is 787. The Morgan fingerprint density at radius 3 is 2.74 bits per heavy atom. The molecule has 1 aromatic heterocycles. The predicted octanol–water partition coefficient (Wildman–Crippen LogP) is 3.36. The van der Waals surface area contributed by atoms with Gasteiger partial charge in [0.2, 0.25) is 0 Å². The third-order valence-corrected chi connectivity index (χ3v) is 4.28. The first-order valence-electron chi connectivity index (χ1n) is 7.63. The van der Waals surface area contributed by atoms with E-state index in [1.807, 2.05) is 0 Å². The molecule has 0 radical (unpaired) electrons. The number of rotatable bonds is 5. The normalized spacial score (nSPS) is 15.4. The number of hydrogen-bond acceptors (Lipinski definition) is 3. The lowest BCUT2D eigenvalue weighted by Gasteiger charge is -2.14. The van der Waals surface area contributed by atoms with Gasteiger partial charge in [0.25, 0.3) is 5.91 Å². The third-order valence-electron chi connectivity index (χ3n) is 4.04. The molecule has 1 aliphatic carbocycles. The van der Waals surface area contributed by atoms with Crippen molar-refractivity contribution in [3.05, 3.63) is 40.5 Å². The molecule has 2 aromatic rings. The average molecular weight is 333 g/mol. The van der Waals surface area contributed by atoms with Crippen molar-refractivity contribution in [1.82, 2.24) is 10.3 Å².